The van der Waals surface area contributed by atoms with Crippen LogP contribution in [-0.4, -0.2) is 46.4 Å². The van der Waals surface area contributed by atoms with Gasteiger partial charge in [0.15, 0.2) is 11.5 Å². The van der Waals surface area contributed by atoms with Crippen LogP contribution in [0, 0.1) is 0 Å². The highest BCUT2D eigenvalue weighted by Crippen LogP contribution is 2.47. The van der Waals surface area contributed by atoms with Crippen LogP contribution in [0.5, 0.6) is 17.2 Å². The summed E-state index contributed by atoms with van der Waals surface area (Å²) in [7, 11) is 1.04. The molecule has 1 fully saturated rings. The quantitative estimate of drug-likeness (QED) is 0.749. The zero-order valence-corrected chi connectivity index (χ0v) is 16.5. The molecule has 0 N–H and O–H groups in total. The number of rotatable bonds is 6. The maximum atomic E-state index is 13.1. The number of methoxy groups -OCH3 is 3. The highest BCUT2D eigenvalue weighted by Gasteiger charge is 2.38. The summed E-state index contributed by atoms with van der Waals surface area (Å²) in [5, 5.41) is -0.394. The van der Waals surface area contributed by atoms with E-state index in [0.29, 0.717) is 29.5 Å². The van der Waals surface area contributed by atoms with E-state index < -0.39 is 15.4 Å². The molecule has 0 radical (unpaired) electrons. The minimum atomic E-state index is -3.61. The lowest BCUT2D eigenvalue weighted by molar-refractivity contribution is 0.344. The first-order valence-electron chi connectivity index (χ1n) is 8.01. The number of benzene rings is 2. The predicted octanol–water partition coefficient (Wildman–Crippen LogP) is 3.15. The van der Waals surface area contributed by atoms with Crippen LogP contribution in [0.4, 0.5) is 0 Å². The predicted molar refractivity (Wildman–Crippen MR) is 102 cm³/mol. The SMILES string of the molecule is COc1cc(OC)c([C@H]2SCCN2S(=O)(=O)c2ccccc2)cc1OC. The largest absolute Gasteiger partial charge is 0.496 e. The van der Waals surface area contributed by atoms with Crippen molar-refractivity contribution in [1.29, 1.82) is 0 Å². The van der Waals surface area contributed by atoms with Crippen molar-refractivity contribution in [3.63, 3.8) is 0 Å². The maximum absolute atomic E-state index is 13.1. The number of hydrogen-bond donors (Lipinski definition) is 0. The molecule has 0 saturated carbocycles. The summed E-state index contributed by atoms with van der Waals surface area (Å²) < 4.78 is 43.9. The Hall–Kier alpha value is -1.90. The minimum Gasteiger partial charge on any atom is -0.496 e. The molecule has 1 aliphatic heterocycles. The van der Waals surface area contributed by atoms with E-state index in [0.717, 1.165) is 5.56 Å². The lowest BCUT2D eigenvalue weighted by Gasteiger charge is -2.25. The second-order valence-electron chi connectivity index (χ2n) is 5.60. The van der Waals surface area contributed by atoms with E-state index in [9.17, 15) is 8.42 Å². The second-order valence-corrected chi connectivity index (χ2v) is 8.68. The molecule has 1 heterocycles. The van der Waals surface area contributed by atoms with Crippen molar-refractivity contribution in [2.75, 3.05) is 33.6 Å². The second kappa shape index (κ2) is 7.77. The van der Waals surface area contributed by atoms with Gasteiger partial charge in [0.2, 0.25) is 10.0 Å². The average molecular weight is 396 g/mol. The Morgan fingerprint density at radius 2 is 1.58 bits per heavy atom. The Kier molecular flexibility index (Phi) is 5.64. The third-order valence-corrected chi connectivity index (χ3v) is 7.46. The Labute approximate surface area is 158 Å². The lowest BCUT2D eigenvalue weighted by atomic mass is 10.1. The van der Waals surface area contributed by atoms with E-state index in [1.165, 1.54) is 4.31 Å². The van der Waals surface area contributed by atoms with Crippen LogP contribution >= 0.6 is 11.8 Å². The monoisotopic (exact) mass is 395 g/mol. The third kappa shape index (κ3) is 3.36. The molecule has 1 aliphatic rings. The molecule has 140 valence electrons. The molecule has 0 bridgehead atoms. The van der Waals surface area contributed by atoms with Crippen molar-refractivity contribution in [2.45, 2.75) is 10.3 Å². The molecular weight excluding hydrogens is 374 g/mol. The first kappa shape index (κ1) is 18.9. The molecule has 0 spiro atoms. The van der Waals surface area contributed by atoms with Crippen molar-refractivity contribution in [3.8, 4) is 17.2 Å². The zero-order valence-electron chi connectivity index (χ0n) is 14.8. The number of ether oxygens (including phenoxy) is 3. The fourth-order valence-electron chi connectivity index (χ4n) is 2.92. The number of sulfonamides is 1. The normalized spacial score (nSPS) is 17.9. The lowest BCUT2D eigenvalue weighted by Crippen LogP contribution is -2.30. The Bertz CT molecular complexity index is 871. The van der Waals surface area contributed by atoms with Crippen molar-refractivity contribution < 1.29 is 22.6 Å². The van der Waals surface area contributed by atoms with E-state index in [1.807, 2.05) is 0 Å². The third-order valence-electron chi connectivity index (χ3n) is 4.20. The van der Waals surface area contributed by atoms with Gasteiger partial charge >= 0.3 is 0 Å². The van der Waals surface area contributed by atoms with Crippen LogP contribution in [0.1, 0.15) is 10.9 Å². The number of nitrogens with zero attached hydrogens (tertiary/aromatic N) is 1. The van der Waals surface area contributed by atoms with Crippen LogP contribution < -0.4 is 14.2 Å². The molecule has 2 aromatic rings. The van der Waals surface area contributed by atoms with Gasteiger partial charge in [0.05, 0.1) is 31.6 Å². The molecular formula is C18H21NO5S2. The molecule has 8 heteroatoms. The van der Waals surface area contributed by atoms with E-state index in [-0.39, 0.29) is 4.90 Å². The van der Waals surface area contributed by atoms with Crippen LogP contribution in [0.3, 0.4) is 0 Å². The van der Waals surface area contributed by atoms with Gasteiger partial charge in [-0.2, -0.15) is 4.31 Å². The van der Waals surface area contributed by atoms with E-state index in [4.69, 9.17) is 14.2 Å². The molecule has 3 rings (SSSR count). The highest BCUT2D eigenvalue weighted by atomic mass is 32.2. The summed E-state index contributed by atoms with van der Waals surface area (Å²) in [6.45, 7) is 0.435. The van der Waals surface area contributed by atoms with Gasteiger partial charge in [0.1, 0.15) is 5.75 Å². The molecule has 0 amide bonds. The summed E-state index contributed by atoms with van der Waals surface area (Å²) in [6, 6.07) is 12.0. The highest BCUT2D eigenvalue weighted by molar-refractivity contribution is 8.01. The van der Waals surface area contributed by atoms with Crippen molar-refractivity contribution in [1.82, 2.24) is 4.31 Å². The van der Waals surface area contributed by atoms with Gasteiger partial charge in [-0.25, -0.2) is 8.42 Å². The minimum absolute atomic E-state index is 0.284. The van der Waals surface area contributed by atoms with Crippen LogP contribution in [-0.2, 0) is 10.0 Å². The van der Waals surface area contributed by atoms with Gasteiger partial charge in [-0.3, -0.25) is 0 Å². The van der Waals surface area contributed by atoms with Gasteiger partial charge in [0.25, 0.3) is 0 Å². The molecule has 1 saturated heterocycles. The van der Waals surface area contributed by atoms with Gasteiger partial charge in [0, 0.05) is 23.9 Å². The fourth-order valence-corrected chi connectivity index (χ4v) is 6.19. The summed E-state index contributed by atoms with van der Waals surface area (Å²) >= 11 is 1.56. The van der Waals surface area contributed by atoms with Crippen LogP contribution in [0.15, 0.2) is 47.4 Å². The topological polar surface area (TPSA) is 65.1 Å². The standard InChI is InChI=1S/C18H21NO5S2/c1-22-15-12-17(24-3)16(23-2)11-14(15)18-19(9-10-25-18)26(20,21)13-7-5-4-6-8-13/h4-8,11-12,18H,9-10H2,1-3H3/t18-/m1/s1. The smallest absolute Gasteiger partial charge is 0.244 e. The fraction of sp³-hybridized carbons (Fsp3) is 0.333. The first-order valence-corrected chi connectivity index (χ1v) is 10.5. The molecule has 0 aromatic heterocycles. The molecule has 2 aromatic carbocycles. The van der Waals surface area contributed by atoms with Gasteiger partial charge in [-0.15, -0.1) is 11.8 Å². The van der Waals surface area contributed by atoms with Gasteiger partial charge < -0.3 is 14.2 Å². The first-order chi connectivity index (χ1) is 12.5. The van der Waals surface area contributed by atoms with Gasteiger partial charge in [-0.05, 0) is 18.2 Å². The van der Waals surface area contributed by atoms with E-state index in [2.05, 4.69) is 0 Å². The number of thioether (sulfide) groups is 1. The molecule has 1 atom stereocenters. The zero-order chi connectivity index (χ0) is 18.7. The van der Waals surface area contributed by atoms with Crippen molar-refractivity contribution >= 4 is 21.8 Å². The Morgan fingerprint density at radius 3 is 2.19 bits per heavy atom. The van der Waals surface area contributed by atoms with Gasteiger partial charge in [-0.1, -0.05) is 18.2 Å². The van der Waals surface area contributed by atoms with Crippen LogP contribution in [0.2, 0.25) is 0 Å². The number of hydrogen-bond acceptors (Lipinski definition) is 6. The molecule has 0 unspecified atom stereocenters. The summed E-state index contributed by atoms with van der Waals surface area (Å²) in [5.41, 5.74) is 0.743. The average Bonchev–Trinajstić information content (AvgIpc) is 3.18. The summed E-state index contributed by atoms with van der Waals surface area (Å²) in [6.07, 6.45) is 0. The summed E-state index contributed by atoms with van der Waals surface area (Å²) in [4.78, 5) is 0.284. The Morgan fingerprint density at radius 1 is 0.962 bits per heavy atom. The molecule has 6 nitrogen and oxygen atoms in total. The Balaban J connectivity index is 2.06. The van der Waals surface area contributed by atoms with E-state index >= 15 is 0 Å². The molecule has 0 aliphatic carbocycles. The van der Waals surface area contributed by atoms with Crippen molar-refractivity contribution in [2.24, 2.45) is 0 Å². The van der Waals surface area contributed by atoms with E-state index in [1.54, 1.807) is 75.6 Å². The maximum Gasteiger partial charge on any atom is 0.244 e. The van der Waals surface area contributed by atoms with Crippen LogP contribution in [0.25, 0.3) is 0 Å². The summed E-state index contributed by atoms with van der Waals surface area (Å²) in [5.74, 6) is 2.34. The van der Waals surface area contributed by atoms with Crippen molar-refractivity contribution in [3.05, 3.63) is 48.0 Å². The molecule has 26 heavy (non-hydrogen) atoms.